The van der Waals surface area contributed by atoms with Gasteiger partial charge < -0.3 is 14.5 Å². The van der Waals surface area contributed by atoms with E-state index in [-0.39, 0.29) is 30.2 Å². The normalized spacial score (nSPS) is 14.9. The summed E-state index contributed by atoms with van der Waals surface area (Å²) in [6.07, 6.45) is -4.20. The molecular weight excluding hydrogens is 404 g/mol. The molecule has 5 nitrogen and oxygen atoms in total. The monoisotopic (exact) mass is 424 g/mol. The van der Waals surface area contributed by atoms with Crippen molar-refractivity contribution < 1.29 is 31.9 Å². The number of rotatable bonds is 4. The van der Waals surface area contributed by atoms with Crippen LogP contribution in [0.3, 0.4) is 0 Å². The fourth-order valence-corrected chi connectivity index (χ4v) is 3.27. The van der Waals surface area contributed by atoms with Crippen LogP contribution < -0.4 is 4.74 Å². The first-order chi connectivity index (χ1) is 14.2. The van der Waals surface area contributed by atoms with Crippen LogP contribution in [0.4, 0.5) is 17.6 Å². The van der Waals surface area contributed by atoms with E-state index < -0.39 is 18.1 Å². The average Bonchev–Trinajstić information content (AvgIpc) is 2.94. The molecule has 2 amide bonds. The molecule has 2 aromatic rings. The number of halogens is 4. The maximum atomic E-state index is 13.9. The van der Waals surface area contributed by atoms with Crippen LogP contribution in [-0.4, -0.2) is 54.2 Å². The van der Waals surface area contributed by atoms with Crippen molar-refractivity contribution in [1.29, 1.82) is 0 Å². The molecule has 0 unspecified atom stereocenters. The van der Waals surface area contributed by atoms with Crippen LogP contribution in [0, 0.1) is 5.82 Å². The summed E-state index contributed by atoms with van der Waals surface area (Å²) < 4.78 is 54.4. The molecule has 1 aliphatic heterocycles. The van der Waals surface area contributed by atoms with E-state index in [1.54, 1.807) is 11.0 Å². The summed E-state index contributed by atoms with van der Waals surface area (Å²) in [4.78, 5) is 28.3. The van der Waals surface area contributed by atoms with Gasteiger partial charge in [-0.1, -0.05) is 24.3 Å². The molecule has 1 saturated heterocycles. The quantitative estimate of drug-likeness (QED) is 0.705. The average molecular weight is 424 g/mol. The molecule has 0 bridgehead atoms. The third kappa shape index (κ3) is 5.71. The molecule has 0 aromatic heterocycles. The molecular formula is C21H20F4N2O3. The van der Waals surface area contributed by atoms with Gasteiger partial charge in [0.15, 0.2) is 0 Å². The predicted molar refractivity (Wildman–Crippen MR) is 100 cm³/mol. The zero-order valence-corrected chi connectivity index (χ0v) is 16.0. The Hall–Kier alpha value is -3.10. The molecule has 3 rings (SSSR count). The van der Waals surface area contributed by atoms with Gasteiger partial charge in [-0.05, 0) is 36.2 Å². The third-order valence-electron chi connectivity index (χ3n) is 4.75. The summed E-state index contributed by atoms with van der Waals surface area (Å²) in [5.41, 5.74) is 0.552. The Morgan fingerprint density at radius 3 is 2.20 bits per heavy atom. The van der Waals surface area contributed by atoms with Gasteiger partial charge in [0, 0.05) is 26.2 Å². The Kier molecular flexibility index (Phi) is 6.59. The highest BCUT2D eigenvalue weighted by Gasteiger charge is 2.31. The van der Waals surface area contributed by atoms with Crippen LogP contribution >= 0.6 is 0 Å². The Morgan fingerprint density at radius 1 is 0.900 bits per heavy atom. The van der Waals surface area contributed by atoms with Gasteiger partial charge in [-0.25, -0.2) is 4.39 Å². The predicted octanol–water partition coefficient (Wildman–Crippen LogP) is 3.64. The first-order valence-corrected chi connectivity index (χ1v) is 9.39. The molecule has 9 heteroatoms. The first kappa shape index (κ1) is 21.6. The van der Waals surface area contributed by atoms with E-state index in [1.807, 2.05) is 0 Å². The Labute approximate surface area is 170 Å². The van der Waals surface area contributed by atoms with Gasteiger partial charge in [0.25, 0.3) is 5.91 Å². The molecule has 0 N–H and O–H groups in total. The Morgan fingerprint density at radius 2 is 1.53 bits per heavy atom. The maximum absolute atomic E-state index is 13.9. The van der Waals surface area contributed by atoms with Crippen LogP contribution in [0.5, 0.6) is 5.75 Å². The third-order valence-corrected chi connectivity index (χ3v) is 4.75. The number of hydrogen-bond donors (Lipinski definition) is 0. The molecule has 1 fully saturated rings. The van der Waals surface area contributed by atoms with Crippen LogP contribution in [0.25, 0.3) is 0 Å². The van der Waals surface area contributed by atoms with E-state index in [0.717, 1.165) is 12.1 Å². The molecule has 0 aliphatic carbocycles. The van der Waals surface area contributed by atoms with Crippen LogP contribution in [0.1, 0.15) is 22.3 Å². The van der Waals surface area contributed by atoms with Crippen molar-refractivity contribution in [2.45, 2.75) is 19.2 Å². The lowest BCUT2D eigenvalue weighted by Crippen LogP contribution is -2.38. The largest absolute Gasteiger partial charge is 0.573 e. The number of carbonyl (C=O) groups is 2. The molecule has 1 heterocycles. The second kappa shape index (κ2) is 9.15. The minimum absolute atomic E-state index is 0.00144. The molecule has 1 aliphatic rings. The van der Waals surface area contributed by atoms with Crippen molar-refractivity contribution in [3.8, 4) is 5.75 Å². The minimum atomic E-state index is -4.77. The van der Waals surface area contributed by atoms with E-state index in [9.17, 15) is 27.2 Å². The summed E-state index contributed by atoms with van der Waals surface area (Å²) in [7, 11) is 0. The smallest absolute Gasteiger partial charge is 0.406 e. The lowest BCUT2D eigenvalue weighted by atomic mass is 10.1. The summed E-state index contributed by atoms with van der Waals surface area (Å²) in [5.74, 6) is -1.55. The van der Waals surface area contributed by atoms with Gasteiger partial charge >= 0.3 is 6.36 Å². The minimum Gasteiger partial charge on any atom is -0.406 e. The molecule has 0 atom stereocenters. The second-order valence-corrected chi connectivity index (χ2v) is 6.87. The van der Waals surface area contributed by atoms with E-state index in [0.29, 0.717) is 31.6 Å². The topological polar surface area (TPSA) is 49.9 Å². The highest BCUT2D eigenvalue weighted by Crippen LogP contribution is 2.23. The highest BCUT2D eigenvalue weighted by molar-refractivity contribution is 5.94. The van der Waals surface area contributed by atoms with Crippen LogP contribution in [0.2, 0.25) is 0 Å². The van der Waals surface area contributed by atoms with Crippen molar-refractivity contribution in [2.75, 3.05) is 26.2 Å². The van der Waals surface area contributed by atoms with Crippen molar-refractivity contribution in [2.24, 2.45) is 0 Å². The first-order valence-electron chi connectivity index (χ1n) is 9.39. The van der Waals surface area contributed by atoms with E-state index in [1.165, 1.54) is 35.2 Å². The summed E-state index contributed by atoms with van der Waals surface area (Å²) >= 11 is 0. The second-order valence-electron chi connectivity index (χ2n) is 6.87. The van der Waals surface area contributed by atoms with E-state index in [2.05, 4.69) is 4.74 Å². The number of nitrogens with zero attached hydrogens (tertiary/aromatic N) is 2. The van der Waals surface area contributed by atoms with Crippen LogP contribution in [-0.2, 0) is 11.2 Å². The van der Waals surface area contributed by atoms with Gasteiger partial charge in [0.1, 0.15) is 11.6 Å². The Balaban J connectivity index is 1.57. The lowest BCUT2D eigenvalue weighted by molar-refractivity contribution is -0.274. The van der Waals surface area contributed by atoms with Crippen molar-refractivity contribution in [1.82, 2.24) is 9.80 Å². The van der Waals surface area contributed by atoms with Crippen LogP contribution in [0.15, 0.2) is 48.5 Å². The zero-order chi connectivity index (χ0) is 21.7. The lowest BCUT2D eigenvalue weighted by Gasteiger charge is -2.22. The summed E-state index contributed by atoms with van der Waals surface area (Å²) in [6, 6.07) is 10.9. The number of amides is 2. The number of benzene rings is 2. The number of hydrogen-bond acceptors (Lipinski definition) is 3. The molecule has 2 aromatic carbocycles. The van der Waals surface area contributed by atoms with Crippen molar-refractivity contribution in [3.63, 3.8) is 0 Å². The molecule has 0 spiro atoms. The summed E-state index contributed by atoms with van der Waals surface area (Å²) in [5, 5.41) is 0. The molecule has 0 saturated carbocycles. The molecule has 160 valence electrons. The standard InChI is InChI=1S/C21H20F4N2O3/c22-18-5-2-1-4-17(18)20(29)27-11-3-10-26(12-13-27)19(28)14-15-6-8-16(9-7-15)30-21(23,24)25/h1-2,4-9H,3,10-14H2. The fourth-order valence-electron chi connectivity index (χ4n) is 3.27. The van der Waals surface area contributed by atoms with Gasteiger partial charge in [-0.2, -0.15) is 0 Å². The molecule has 0 radical (unpaired) electrons. The fraction of sp³-hybridized carbons (Fsp3) is 0.333. The summed E-state index contributed by atoms with van der Waals surface area (Å²) in [6.45, 7) is 1.42. The number of alkyl halides is 3. The van der Waals surface area contributed by atoms with E-state index in [4.69, 9.17) is 0 Å². The van der Waals surface area contributed by atoms with E-state index >= 15 is 0 Å². The SMILES string of the molecule is O=C(Cc1ccc(OC(F)(F)F)cc1)N1CCCN(C(=O)c2ccccc2F)CC1. The zero-order valence-electron chi connectivity index (χ0n) is 16.0. The maximum Gasteiger partial charge on any atom is 0.573 e. The van der Waals surface area contributed by atoms with Crippen molar-refractivity contribution in [3.05, 3.63) is 65.5 Å². The van der Waals surface area contributed by atoms with Crippen molar-refractivity contribution >= 4 is 11.8 Å². The highest BCUT2D eigenvalue weighted by atomic mass is 19.4. The van der Waals surface area contributed by atoms with Gasteiger partial charge in [-0.3, -0.25) is 9.59 Å². The van der Waals surface area contributed by atoms with Gasteiger partial charge in [-0.15, -0.1) is 13.2 Å². The van der Waals surface area contributed by atoms with Gasteiger partial charge in [0.2, 0.25) is 5.91 Å². The van der Waals surface area contributed by atoms with Gasteiger partial charge in [0.05, 0.1) is 12.0 Å². The molecule has 30 heavy (non-hydrogen) atoms. The Bertz CT molecular complexity index is 900. The number of carbonyl (C=O) groups excluding carboxylic acids is 2. The number of ether oxygens (including phenoxy) is 1.